The van der Waals surface area contributed by atoms with E-state index in [0.717, 1.165) is 17.3 Å². The van der Waals surface area contributed by atoms with Gasteiger partial charge in [-0.25, -0.2) is 10.2 Å². The zero-order valence-electron chi connectivity index (χ0n) is 21.0. The largest absolute Gasteiger partial charge is 0.493 e. The highest BCUT2D eigenvalue weighted by atomic mass is 16.6. The number of nitro groups is 1. The summed E-state index contributed by atoms with van der Waals surface area (Å²) < 4.78 is 16.0. The van der Waals surface area contributed by atoms with Crippen molar-refractivity contribution < 1.29 is 28.7 Å². The molecule has 0 aliphatic carbocycles. The second-order valence-corrected chi connectivity index (χ2v) is 7.93. The van der Waals surface area contributed by atoms with Gasteiger partial charge in [-0.15, -0.1) is 0 Å². The van der Waals surface area contributed by atoms with Crippen LogP contribution in [0, 0.1) is 10.1 Å². The molecule has 0 heterocycles. The fourth-order valence-corrected chi connectivity index (χ4v) is 3.45. The van der Waals surface area contributed by atoms with Gasteiger partial charge >= 0.3 is 6.09 Å². The van der Waals surface area contributed by atoms with Crippen LogP contribution in [0.2, 0.25) is 0 Å². The monoisotopic (exact) mass is 520 g/mol. The van der Waals surface area contributed by atoms with E-state index < -0.39 is 23.0 Å². The normalized spacial score (nSPS) is 11.4. The highest BCUT2D eigenvalue weighted by Gasteiger charge is 2.23. The summed E-state index contributed by atoms with van der Waals surface area (Å²) in [5.41, 5.74) is 3.80. The maximum Gasteiger partial charge on any atom is 0.407 e. The minimum Gasteiger partial charge on any atom is -0.493 e. The van der Waals surface area contributed by atoms with E-state index in [1.807, 2.05) is 60.7 Å². The summed E-state index contributed by atoms with van der Waals surface area (Å²) in [4.78, 5) is 35.9. The number of rotatable bonds is 12. The predicted octanol–water partition coefficient (Wildman–Crippen LogP) is 3.99. The van der Waals surface area contributed by atoms with Gasteiger partial charge in [0.05, 0.1) is 36.5 Å². The molecular weight excluding hydrogens is 492 g/mol. The van der Waals surface area contributed by atoms with Crippen molar-refractivity contribution in [1.29, 1.82) is 0 Å². The quantitative estimate of drug-likeness (QED) is 0.209. The molecule has 0 fully saturated rings. The smallest absolute Gasteiger partial charge is 0.407 e. The molecule has 198 valence electrons. The highest BCUT2D eigenvalue weighted by Crippen LogP contribution is 2.34. The number of hydrogen-bond acceptors (Lipinski definition) is 8. The molecule has 0 spiro atoms. The van der Waals surface area contributed by atoms with Crippen molar-refractivity contribution in [1.82, 2.24) is 10.7 Å². The average molecular weight is 521 g/mol. The Morgan fingerprint density at radius 1 is 1.03 bits per heavy atom. The molecule has 1 atom stereocenters. The van der Waals surface area contributed by atoms with Crippen LogP contribution >= 0.6 is 0 Å². The van der Waals surface area contributed by atoms with Crippen LogP contribution in [0.4, 0.5) is 10.5 Å². The van der Waals surface area contributed by atoms with E-state index in [1.165, 1.54) is 19.2 Å². The number of hydrogen-bond donors (Lipinski definition) is 2. The molecule has 0 radical (unpaired) electrons. The van der Waals surface area contributed by atoms with E-state index in [0.29, 0.717) is 0 Å². The maximum absolute atomic E-state index is 12.8. The maximum atomic E-state index is 12.8. The van der Waals surface area contributed by atoms with Crippen molar-refractivity contribution in [2.45, 2.75) is 26.0 Å². The fraction of sp³-hybridized carbons (Fsp3) is 0.222. The summed E-state index contributed by atoms with van der Waals surface area (Å²) in [7, 11) is 1.41. The topological polar surface area (TPSA) is 141 Å². The minimum atomic E-state index is -0.994. The molecule has 38 heavy (non-hydrogen) atoms. The van der Waals surface area contributed by atoms with Gasteiger partial charge in [0.2, 0.25) is 0 Å². The molecule has 0 bridgehead atoms. The number of carbonyl (C=O) groups excluding carboxylic acids is 2. The van der Waals surface area contributed by atoms with Crippen LogP contribution in [0.15, 0.2) is 77.9 Å². The van der Waals surface area contributed by atoms with Gasteiger partial charge in [-0.2, -0.15) is 5.10 Å². The van der Waals surface area contributed by atoms with E-state index in [1.54, 1.807) is 6.92 Å². The second-order valence-electron chi connectivity index (χ2n) is 7.93. The second kappa shape index (κ2) is 14.0. The summed E-state index contributed by atoms with van der Waals surface area (Å²) in [6.07, 6.45) is 0.561. The molecule has 0 saturated carbocycles. The van der Waals surface area contributed by atoms with Gasteiger partial charge in [-0.3, -0.25) is 14.9 Å². The Bertz CT molecular complexity index is 1270. The molecule has 2 amide bonds. The number of nitrogens with one attached hydrogen (secondary N) is 2. The first-order chi connectivity index (χ1) is 18.4. The van der Waals surface area contributed by atoms with Gasteiger partial charge in [0.1, 0.15) is 12.6 Å². The van der Waals surface area contributed by atoms with Crippen molar-refractivity contribution in [3.8, 4) is 11.5 Å². The fourth-order valence-electron chi connectivity index (χ4n) is 3.45. The average Bonchev–Trinajstić information content (AvgIpc) is 2.92. The van der Waals surface area contributed by atoms with E-state index in [-0.39, 0.29) is 42.4 Å². The molecular formula is C27H28N4O7. The lowest BCUT2D eigenvalue weighted by atomic mass is 10.1. The molecule has 11 nitrogen and oxygen atoms in total. The van der Waals surface area contributed by atoms with Crippen molar-refractivity contribution >= 4 is 23.9 Å². The number of alkyl carbamates (subject to hydrolysis) is 1. The summed E-state index contributed by atoms with van der Waals surface area (Å²) in [6.45, 7) is 1.98. The van der Waals surface area contributed by atoms with Gasteiger partial charge in [0, 0.05) is 6.42 Å². The molecule has 0 unspecified atom stereocenters. The summed E-state index contributed by atoms with van der Waals surface area (Å²) in [5.74, 6) is -0.188. The molecule has 3 rings (SSSR count). The van der Waals surface area contributed by atoms with Crippen LogP contribution < -0.4 is 20.2 Å². The number of nitro benzene ring substituents is 1. The number of methoxy groups -OCH3 is 1. The zero-order valence-corrected chi connectivity index (χ0v) is 21.0. The number of amides is 2. The number of benzene rings is 3. The van der Waals surface area contributed by atoms with Gasteiger partial charge in [-0.1, -0.05) is 60.7 Å². The lowest BCUT2D eigenvalue weighted by Crippen LogP contribution is -2.47. The first kappa shape index (κ1) is 27.7. The lowest BCUT2D eigenvalue weighted by Gasteiger charge is -2.17. The Balaban J connectivity index is 1.76. The number of hydrazone groups is 1. The van der Waals surface area contributed by atoms with E-state index in [4.69, 9.17) is 14.2 Å². The zero-order chi connectivity index (χ0) is 27.3. The third-order valence-corrected chi connectivity index (χ3v) is 5.29. The van der Waals surface area contributed by atoms with Crippen molar-refractivity contribution in [3.63, 3.8) is 0 Å². The Morgan fingerprint density at radius 2 is 1.68 bits per heavy atom. The Labute approximate surface area is 219 Å². The molecule has 0 aliphatic rings. The van der Waals surface area contributed by atoms with Crippen molar-refractivity contribution in [2.24, 2.45) is 5.10 Å². The van der Waals surface area contributed by atoms with Gasteiger partial charge in [-0.05, 0) is 24.1 Å². The van der Waals surface area contributed by atoms with Crippen LogP contribution in [0.3, 0.4) is 0 Å². The van der Waals surface area contributed by atoms with E-state index in [2.05, 4.69) is 15.8 Å². The third kappa shape index (κ3) is 8.05. The minimum absolute atomic E-state index is 0.0807. The summed E-state index contributed by atoms with van der Waals surface area (Å²) in [5, 5.41) is 18.1. The third-order valence-electron chi connectivity index (χ3n) is 5.29. The van der Waals surface area contributed by atoms with Crippen LogP contribution in [0.25, 0.3) is 0 Å². The van der Waals surface area contributed by atoms with Crippen LogP contribution in [0.1, 0.15) is 23.6 Å². The van der Waals surface area contributed by atoms with Crippen molar-refractivity contribution in [3.05, 3.63) is 99.6 Å². The van der Waals surface area contributed by atoms with Gasteiger partial charge < -0.3 is 19.5 Å². The Kier molecular flexibility index (Phi) is 10.2. The number of nitrogens with zero attached hydrogens (tertiary/aromatic N) is 2. The molecule has 2 N–H and O–H groups in total. The molecule has 0 aromatic heterocycles. The van der Waals surface area contributed by atoms with Crippen molar-refractivity contribution in [2.75, 3.05) is 13.7 Å². The Hall–Kier alpha value is -4.93. The Morgan fingerprint density at radius 3 is 2.29 bits per heavy atom. The summed E-state index contributed by atoms with van der Waals surface area (Å²) in [6, 6.07) is 20.1. The SMILES string of the molecule is CCOC(=O)N[C@@H](Cc1ccccc1)C(=O)N/N=C\c1cc(OC)c(OCc2ccccc2)cc1[N+](=O)[O-]. The molecule has 3 aromatic rings. The van der Waals surface area contributed by atoms with Crippen LogP contribution in [-0.2, 0) is 22.6 Å². The molecule has 0 saturated heterocycles. The molecule has 0 aliphatic heterocycles. The molecule has 11 heteroatoms. The van der Waals surface area contributed by atoms with E-state index in [9.17, 15) is 19.7 Å². The first-order valence-corrected chi connectivity index (χ1v) is 11.7. The lowest BCUT2D eigenvalue weighted by molar-refractivity contribution is -0.385. The first-order valence-electron chi connectivity index (χ1n) is 11.7. The highest BCUT2D eigenvalue weighted by molar-refractivity contribution is 5.90. The van der Waals surface area contributed by atoms with E-state index >= 15 is 0 Å². The standard InChI is InChI=1S/C27H28N4O7/c1-3-37-27(33)29-22(14-19-10-6-4-7-11-19)26(32)30-28-17-21-15-24(36-2)25(16-23(21)31(34)35)38-18-20-12-8-5-9-13-20/h4-13,15-17,22H,3,14,18H2,1-2H3,(H,29,33)(H,30,32)/b28-17-/t22-/m0/s1. The number of carbonyl (C=O) groups is 2. The predicted molar refractivity (Wildman–Crippen MR) is 140 cm³/mol. The van der Waals surface area contributed by atoms with Crippen LogP contribution in [-0.4, -0.2) is 42.9 Å². The summed E-state index contributed by atoms with van der Waals surface area (Å²) >= 11 is 0. The van der Waals surface area contributed by atoms with Gasteiger partial charge in [0.25, 0.3) is 11.6 Å². The van der Waals surface area contributed by atoms with Gasteiger partial charge in [0.15, 0.2) is 11.5 Å². The number of ether oxygens (including phenoxy) is 3. The van der Waals surface area contributed by atoms with Crippen LogP contribution in [0.5, 0.6) is 11.5 Å². The molecule has 3 aromatic carbocycles.